The average Bonchev–Trinajstić information content (AvgIpc) is 2.45. The van der Waals surface area contributed by atoms with Gasteiger partial charge in [-0.15, -0.1) is 0 Å². The number of nitrogens with zero attached hydrogens (tertiary/aromatic N) is 2. The first-order chi connectivity index (χ1) is 9.45. The van der Waals surface area contributed by atoms with E-state index in [2.05, 4.69) is 15.3 Å². The summed E-state index contributed by atoms with van der Waals surface area (Å²) < 4.78 is 43.7. The Bertz CT molecular complexity index is 614. The predicted molar refractivity (Wildman–Crippen MR) is 68.6 cm³/mol. The standard InChI is InChI=1S/C13H12F3N3O/c1-17-11-7-8(13(14,15)16)6-9(19-11)12-10(20-2)4-3-5-18-12/h3-7H,1-2H3,(H,17,19). The number of anilines is 1. The van der Waals surface area contributed by atoms with E-state index in [1.807, 2.05) is 0 Å². The topological polar surface area (TPSA) is 47.0 Å². The van der Waals surface area contributed by atoms with E-state index in [0.717, 1.165) is 12.1 Å². The van der Waals surface area contributed by atoms with Crippen LogP contribution in [0.15, 0.2) is 30.5 Å². The highest BCUT2D eigenvalue weighted by Crippen LogP contribution is 2.34. The van der Waals surface area contributed by atoms with Crippen molar-refractivity contribution in [1.29, 1.82) is 0 Å². The molecule has 0 spiro atoms. The Morgan fingerprint density at radius 1 is 1.25 bits per heavy atom. The third-order valence-corrected chi connectivity index (χ3v) is 2.64. The number of ether oxygens (including phenoxy) is 1. The first-order valence-corrected chi connectivity index (χ1v) is 5.72. The van der Waals surface area contributed by atoms with Gasteiger partial charge in [-0.2, -0.15) is 13.2 Å². The van der Waals surface area contributed by atoms with E-state index in [0.29, 0.717) is 5.75 Å². The van der Waals surface area contributed by atoms with Crippen molar-refractivity contribution >= 4 is 5.82 Å². The minimum Gasteiger partial charge on any atom is -0.494 e. The number of nitrogens with one attached hydrogen (secondary N) is 1. The lowest BCUT2D eigenvalue weighted by Gasteiger charge is -2.12. The Balaban J connectivity index is 2.62. The van der Waals surface area contributed by atoms with Gasteiger partial charge < -0.3 is 10.1 Å². The van der Waals surface area contributed by atoms with Crippen molar-refractivity contribution in [2.45, 2.75) is 6.18 Å². The molecule has 2 aromatic heterocycles. The second-order valence-electron chi connectivity index (χ2n) is 3.93. The quantitative estimate of drug-likeness (QED) is 0.939. The molecule has 0 aliphatic heterocycles. The van der Waals surface area contributed by atoms with Gasteiger partial charge in [0.15, 0.2) is 0 Å². The van der Waals surface area contributed by atoms with Crippen LogP contribution >= 0.6 is 0 Å². The molecule has 0 atom stereocenters. The summed E-state index contributed by atoms with van der Waals surface area (Å²) >= 11 is 0. The molecular weight excluding hydrogens is 271 g/mol. The van der Waals surface area contributed by atoms with E-state index in [-0.39, 0.29) is 17.2 Å². The van der Waals surface area contributed by atoms with Crippen LogP contribution in [0.4, 0.5) is 19.0 Å². The van der Waals surface area contributed by atoms with Crippen LogP contribution in [-0.4, -0.2) is 24.1 Å². The summed E-state index contributed by atoms with van der Waals surface area (Å²) in [5.41, 5.74) is -0.432. The van der Waals surface area contributed by atoms with E-state index >= 15 is 0 Å². The Hall–Kier alpha value is -2.31. The van der Waals surface area contributed by atoms with Gasteiger partial charge in [0.25, 0.3) is 0 Å². The number of halogens is 3. The molecule has 1 N–H and O–H groups in total. The summed E-state index contributed by atoms with van der Waals surface area (Å²) in [6.45, 7) is 0. The molecule has 0 bridgehead atoms. The summed E-state index contributed by atoms with van der Waals surface area (Å²) in [7, 11) is 2.93. The first kappa shape index (κ1) is 14.1. The summed E-state index contributed by atoms with van der Waals surface area (Å²) in [5.74, 6) is 0.476. The molecule has 0 amide bonds. The van der Waals surface area contributed by atoms with Gasteiger partial charge in [0.05, 0.1) is 18.4 Å². The van der Waals surface area contributed by atoms with Crippen LogP contribution < -0.4 is 10.1 Å². The summed E-state index contributed by atoms with van der Waals surface area (Å²) in [5, 5.41) is 2.61. The van der Waals surface area contributed by atoms with Gasteiger partial charge in [0.2, 0.25) is 0 Å². The second kappa shape index (κ2) is 5.36. The lowest BCUT2D eigenvalue weighted by Crippen LogP contribution is -2.08. The summed E-state index contributed by atoms with van der Waals surface area (Å²) in [6, 6.07) is 5.14. The Kier molecular flexibility index (Phi) is 3.78. The number of alkyl halides is 3. The number of hydrogen-bond donors (Lipinski definition) is 1. The van der Waals surface area contributed by atoms with Crippen LogP contribution in [0.3, 0.4) is 0 Å². The van der Waals surface area contributed by atoms with E-state index in [1.165, 1.54) is 20.4 Å². The van der Waals surface area contributed by atoms with Gasteiger partial charge in [-0.1, -0.05) is 0 Å². The number of methoxy groups -OCH3 is 1. The molecule has 106 valence electrons. The molecule has 0 radical (unpaired) electrons. The molecule has 0 aromatic carbocycles. The number of aromatic nitrogens is 2. The molecule has 0 aliphatic rings. The number of pyridine rings is 2. The van der Waals surface area contributed by atoms with E-state index in [4.69, 9.17) is 4.74 Å². The highest BCUT2D eigenvalue weighted by molar-refractivity contribution is 5.65. The van der Waals surface area contributed by atoms with Crippen molar-refractivity contribution in [3.8, 4) is 17.1 Å². The molecule has 2 heterocycles. The molecule has 0 saturated heterocycles. The molecule has 20 heavy (non-hydrogen) atoms. The van der Waals surface area contributed by atoms with Gasteiger partial charge in [0.1, 0.15) is 17.3 Å². The lowest BCUT2D eigenvalue weighted by molar-refractivity contribution is -0.137. The normalized spacial score (nSPS) is 11.2. The zero-order valence-electron chi connectivity index (χ0n) is 10.8. The SMILES string of the molecule is CNc1cc(C(F)(F)F)cc(-c2ncccc2OC)n1. The van der Waals surface area contributed by atoms with Gasteiger partial charge in [-0.05, 0) is 24.3 Å². The molecule has 0 fully saturated rings. The maximum atomic E-state index is 12.9. The maximum Gasteiger partial charge on any atom is 0.416 e. The van der Waals surface area contributed by atoms with E-state index < -0.39 is 11.7 Å². The molecule has 0 saturated carbocycles. The van der Waals surface area contributed by atoms with Crippen LogP contribution in [0.1, 0.15) is 5.56 Å². The molecule has 7 heteroatoms. The van der Waals surface area contributed by atoms with Crippen LogP contribution in [0.2, 0.25) is 0 Å². The van der Waals surface area contributed by atoms with Gasteiger partial charge in [-0.3, -0.25) is 4.98 Å². The number of hydrogen-bond acceptors (Lipinski definition) is 4. The Morgan fingerprint density at radius 2 is 2.00 bits per heavy atom. The van der Waals surface area contributed by atoms with Crippen molar-refractivity contribution in [2.75, 3.05) is 19.5 Å². The second-order valence-corrected chi connectivity index (χ2v) is 3.93. The third kappa shape index (κ3) is 2.81. The fourth-order valence-corrected chi connectivity index (χ4v) is 1.69. The van der Waals surface area contributed by atoms with Crippen molar-refractivity contribution in [1.82, 2.24) is 9.97 Å². The summed E-state index contributed by atoms with van der Waals surface area (Å²) in [4.78, 5) is 8.13. The van der Waals surface area contributed by atoms with E-state index in [9.17, 15) is 13.2 Å². The predicted octanol–water partition coefficient (Wildman–Crippen LogP) is 3.21. The highest BCUT2D eigenvalue weighted by Gasteiger charge is 2.32. The fourth-order valence-electron chi connectivity index (χ4n) is 1.69. The average molecular weight is 283 g/mol. The highest BCUT2D eigenvalue weighted by atomic mass is 19.4. The van der Waals surface area contributed by atoms with Gasteiger partial charge in [0, 0.05) is 13.2 Å². The minimum atomic E-state index is -4.45. The minimum absolute atomic E-state index is 0.0987. The number of rotatable bonds is 3. The zero-order valence-corrected chi connectivity index (χ0v) is 10.8. The van der Waals surface area contributed by atoms with Crippen LogP contribution in [-0.2, 0) is 6.18 Å². The maximum absolute atomic E-state index is 12.9. The van der Waals surface area contributed by atoms with Crippen molar-refractivity contribution in [2.24, 2.45) is 0 Å². The molecular formula is C13H12F3N3O. The van der Waals surface area contributed by atoms with Crippen molar-refractivity contribution in [3.63, 3.8) is 0 Å². The fraction of sp³-hybridized carbons (Fsp3) is 0.231. The third-order valence-electron chi connectivity index (χ3n) is 2.64. The van der Waals surface area contributed by atoms with E-state index in [1.54, 1.807) is 12.1 Å². The van der Waals surface area contributed by atoms with Gasteiger partial charge in [-0.25, -0.2) is 4.98 Å². The molecule has 2 rings (SSSR count). The van der Waals surface area contributed by atoms with Crippen molar-refractivity contribution in [3.05, 3.63) is 36.0 Å². The molecule has 0 unspecified atom stereocenters. The lowest BCUT2D eigenvalue weighted by atomic mass is 10.1. The molecule has 2 aromatic rings. The zero-order chi connectivity index (χ0) is 14.8. The molecule has 0 aliphatic carbocycles. The summed E-state index contributed by atoms with van der Waals surface area (Å²) in [6.07, 6.45) is -2.98. The largest absolute Gasteiger partial charge is 0.494 e. The van der Waals surface area contributed by atoms with Crippen LogP contribution in [0, 0.1) is 0 Å². The monoisotopic (exact) mass is 283 g/mol. The van der Waals surface area contributed by atoms with Crippen molar-refractivity contribution < 1.29 is 17.9 Å². The van der Waals surface area contributed by atoms with Crippen LogP contribution in [0.25, 0.3) is 11.4 Å². The first-order valence-electron chi connectivity index (χ1n) is 5.72. The van der Waals surface area contributed by atoms with Gasteiger partial charge >= 0.3 is 6.18 Å². The Morgan fingerprint density at radius 3 is 2.60 bits per heavy atom. The molecule has 4 nitrogen and oxygen atoms in total. The Labute approximate surface area is 113 Å². The smallest absolute Gasteiger partial charge is 0.416 e. The van der Waals surface area contributed by atoms with Crippen LogP contribution in [0.5, 0.6) is 5.75 Å².